The molecule has 1 aliphatic heterocycles. The van der Waals surface area contributed by atoms with E-state index in [1.807, 2.05) is 21.0 Å². The minimum atomic E-state index is -0.203. The summed E-state index contributed by atoms with van der Waals surface area (Å²) in [7, 11) is 3.63. The summed E-state index contributed by atoms with van der Waals surface area (Å²) in [5, 5.41) is 6.40. The van der Waals surface area contributed by atoms with Crippen LogP contribution in [0.25, 0.3) is 10.9 Å². The SMILES string of the molecule is C=C1CCC(n2c(C)nc3cccc(NC(=O)CN(C)C)c3c2=O)C(=C)N1. The van der Waals surface area contributed by atoms with Crippen LogP contribution in [-0.4, -0.2) is 41.0 Å². The number of allylic oxidation sites excluding steroid dienone is 2. The molecule has 2 heterocycles. The fraction of sp³-hybridized carbons (Fsp3) is 0.350. The Balaban J connectivity index is 2.10. The van der Waals surface area contributed by atoms with Crippen molar-refractivity contribution >= 4 is 22.5 Å². The van der Waals surface area contributed by atoms with Crippen LogP contribution in [0.3, 0.4) is 0 Å². The molecule has 1 fully saturated rings. The molecule has 27 heavy (non-hydrogen) atoms. The molecule has 3 rings (SSSR count). The molecule has 0 spiro atoms. The smallest absolute Gasteiger partial charge is 0.264 e. The van der Waals surface area contributed by atoms with Gasteiger partial charge in [-0.15, -0.1) is 0 Å². The molecule has 142 valence electrons. The number of aromatic nitrogens is 2. The van der Waals surface area contributed by atoms with Crippen molar-refractivity contribution in [3.05, 3.63) is 58.9 Å². The van der Waals surface area contributed by atoms with E-state index < -0.39 is 0 Å². The molecule has 1 unspecified atom stereocenters. The molecular formula is C20H25N5O2. The van der Waals surface area contributed by atoms with Crippen LogP contribution in [0.2, 0.25) is 0 Å². The first-order chi connectivity index (χ1) is 12.8. The molecule has 1 saturated heterocycles. The van der Waals surface area contributed by atoms with E-state index in [0.717, 1.165) is 24.2 Å². The molecule has 0 bridgehead atoms. The van der Waals surface area contributed by atoms with E-state index in [1.54, 1.807) is 27.7 Å². The predicted octanol–water partition coefficient (Wildman–Crippen LogP) is 2.16. The molecule has 1 aliphatic rings. The lowest BCUT2D eigenvalue weighted by Crippen LogP contribution is -2.35. The number of benzene rings is 1. The first kappa shape index (κ1) is 18.8. The standard InChI is InChI=1S/C20H25N5O2/c1-12-9-10-17(13(2)21-12)25-14(3)22-15-7-6-8-16(19(15)20(25)27)23-18(26)11-24(4)5/h6-8,17,21H,1-2,9-11H2,3-5H3,(H,23,26). The highest BCUT2D eigenvalue weighted by Crippen LogP contribution is 2.28. The zero-order valence-electron chi connectivity index (χ0n) is 16.0. The number of hydrogen-bond acceptors (Lipinski definition) is 5. The van der Waals surface area contributed by atoms with Crippen molar-refractivity contribution in [1.29, 1.82) is 0 Å². The van der Waals surface area contributed by atoms with Gasteiger partial charge >= 0.3 is 0 Å². The first-order valence-corrected chi connectivity index (χ1v) is 8.88. The first-order valence-electron chi connectivity index (χ1n) is 8.88. The highest BCUT2D eigenvalue weighted by Gasteiger charge is 2.25. The largest absolute Gasteiger partial charge is 0.362 e. The van der Waals surface area contributed by atoms with Gasteiger partial charge in [-0.25, -0.2) is 4.98 Å². The van der Waals surface area contributed by atoms with Crippen molar-refractivity contribution in [2.45, 2.75) is 25.8 Å². The van der Waals surface area contributed by atoms with Crippen LogP contribution in [0.15, 0.2) is 47.5 Å². The number of piperidine rings is 1. The second kappa shape index (κ2) is 7.36. The summed E-state index contributed by atoms with van der Waals surface area (Å²) < 4.78 is 1.66. The van der Waals surface area contributed by atoms with E-state index in [1.165, 1.54) is 0 Å². The van der Waals surface area contributed by atoms with Gasteiger partial charge in [-0.05, 0) is 46.0 Å². The molecule has 7 heteroatoms. The van der Waals surface area contributed by atoms with Crippen LogP contribution >= 0.6 is 0 Å². The number of nitrogens with zero attached hydrogens (tertiary/aromatic N) is 3. The summed E-state index contributed by atoms with van der Waals surface area (Å²) in [6, 6.07) is 5.10. The summed E-state index contributed by atoms with van der Waals surface area (Å²) in [5.74, 6) is 0.434. The van der Waals surface area contributed by atoms with Crippen LogP contribution in [0.1, 0.15) is 24.7 Å². The average molecular weight is 367 g/mol. The molecule has 2 N–H and O–H groups in total. The Bertz CT molecular complexity index is 990. The van der Waals surface area contributed by atoms with E-state index >= 15 is 0 Å². The van der Waals surface area contributed by atoms with Gasteiger partial charge in [0, 0.05) is 11.4 Å². The zero-order chi connectivity index (χ0) is 19.7. The zero-order valence-corrected chi connectivity index (χ0v) is 16.0. The lowest BCUT2D eigenvalue weighted by Gasteiger charge is -2.30. The Hall–Kier alpha value is -2.93. The van der Waals surface area contributed by atoms with E-state index in [-0.39, 0.29) is 24.1 Å². The highest BCUT2D eigenvalue weighted by atomic mass is 16.2. The quantitative estimate of drug-likeness (QED) is 0.866. The third kappa shape index (κ3) is 3.78. The van der Waals surface area contributed by atoms with Crippen molar-refractivity contribution in [3.63, 3.8) is 0 Å². The van der Waals surface area contributed by atoms with Crippen LogP contribution in [0.4, 0.5) is 5.69 Å². The van der Waals surface area contributed by atoms with Gasteiger partial charge in [-0.3, -0.25) is 14.2 Å². The number of likely N-dealkylation sites (N-methyl/N-ethyl adjacent to an activating group) is 1. The number of nitrogens with one attached hydrogen (secondary N) is 2. The summed E-state index contributed by atoms with van der Waals surface area (Å²) in [6.07, 6.45) is 1.49. The topological polar surface area (TPSA) is 79.3 Å². The fourth-order valence-electron chi connectivity index (χ4n) is 3.44. The number of aryl methyl sites for hydroxylation is 1. The molecule has 0 radical (unpaired) electrons. The Kier molecular flexibility index (Phi) is 5.14. The Labute approximate surface area is 158 Å². The fourth-order valence-corrected chi connectivity index (χ4v) is 3.44. The van der Waals surface area contributed by atoms with Gasteiger partial charge in [0.25, 0.3) is 5.56 Å². The molecular weight excluding hydrogens is 342 g/mol. The number of carbonyl (C=O) groups is 1. The van der Waals surface area contributed by atoms with Gasteiger partial charge in [0.2, 0.25) is 5.91 Å². The number of anilines is 1. The lowest BCUT2D eigenvalue weighted by atomic mass is 10.0. The second-order valence-electron chi connectivity index (χ2n) is 7.13. The summed E-state index contributed by atoms with van der Waals surface area (Å²) >= 11 is 0. The van der Waals surface area contributed by atoms with Crippen molar-refractivity contribution in [2.24, 2.45) is 0 Å². The normalized spacial score (nSPS) is 17.3. The Morgan fingerprint density at radius 1 is 1.41 bits per heavy atom. The summed E-state index contributed by atoms with van der Waals surface area (Å²) in [6.45, 7) is 10.0. The maximum Gasteiger partial charge on any atom is 0.264 e. The molecule has 1 atom stereocenters. The summed E-state index contributed by atoms with van der Waals surface area (Å²) in [5.41, 5.74) is 2.48. The molecule has 0 saturated carbocycles. The van der Waals surface area contributed by atoms with Crippen molar-refractivity contribution in [1.82, 2.24) is 19.8 Å². The molecule has 1 aromatic carbocycles. The van der Waals surface area contributed by atoms with E-state index in [4.69, 9.17) is 0 Å². The Morgan fingerprint density at radius 2 is 2.15 bits per heavy atom. The second-order valence-corrected chi connectivity index (χ2v) is 7.13. The summed E-state index contributed by atoms with van der Waals surface area (Å²) in [4.78, 5) is 31.9. The molecule has 0 aliphatic carbocycles. The van der Waals surface area contributed by atoms with E-state index in [9.17, 15) is 9.59 Å². The van der Waals surface area contributed by atoms with E-state index in [0.29, 0.717) is 22.4 Å². The van der Waals surface area contributed by atoms with Gasteiger partial charge in [-0.2, -0.15) is 0 Å². The van der Waals surface area contributed by atoms with Crippen LogP contribution in [-0.2, 0) is 4.79 Å². The van der Waals surface area contributed by atoms with Gasteiger partial charge in [0.05, 0.1) is 29.2 Å². The van der Waals surface area contributed by atoms with Gasteiger partial charge in [0.1, 0.15) is 5.82 Å². The van der Waals surface area contributed by atoms with Crippen LogP contribution in [0, 0.1) is 6.92 Å². The van der Waals surface area contributed by atoms with Gasteiger partial charge in [0.15, 0.2) is 0 Å². The van der Waals surface area contributed by atoms with Gasteiger partial charge in [-0.1, -0.05) is 19.2 Å². The Morgan fingerprint density at radius 3 is 2.81 bits per heavy atom. The number of rotatable bonds is 4. The van der Waals surface area contributed by atoms with Crippen molar-refractivity contribution < 1.29 is 4.79 Å². The minimum absolute atomic E-state index is 0.181. The third-order valence-corrected chi connectivity index (χ3v) is 4.61. The number of fused-ring (bicyclic) bond motifs is 1. The molecule has 1 amide bonds. The maximum atomic E-state index is 13.4. The number of hydrogen-bond donors (Lipinski definition) is 2. The molecule has 1 aromatic heterocycles. The monoisotopic (exact) mass is 367 g/mol. The molecule has 2 aromatic rings. The lowest BCUT2D eigenvalue weighted by molar-refractivity contribution is -0.116. The van der Waals surface area contributed by atoms with Gasteiger partial charge < -0.3 is 15.5 Å². The number of amides is 1. The van der Waals surface area contributed by atoms with E-state index in [2.05, 4.69) is 28.8 Å². The highest BCUT2D eigenvalue weighted by molar-refractivity contribution is 6.01. The van der Waals surface area contributed by atoms with Crippen LogP contribution < -0.4 is 16.2 Å². The molecule has 7 nitrogen and oxygen atoms in total. The number of carbonyl (C=O) groups excluding carboxylic acids is 1. The van der Waals surface area contributed by atoms with Crippen molar-refractivity contribution in [3.8, 4) is 0 Å². The van der Waals surface area contributed by atoms with Crippen molar-refractivity contribution in [2.75, 3.05) is 26.0 Å². The third-order valence-electron chi connectivity index (χ3n) is 4.61. The minimum Gasteiger partial charge on any atom is -0.362 e. The average Bonchev–Trinajstić information content (AvgIpc) is 2.55. The maximum absolute atomic E-state index is 13.4. The predicted molar refractivity (Wildman–Crippen MR) is 108 cm³/mol. The van der Waals surface area contributed by atoms with Crippen LogP contribution in [0.5, 0.6) is 0 Å².